The highest BCUT2D eigenvalue weighted by Crippen LogP contribution is 2.32. The molecule has 1 aromatic carbocycles. The molecule has 0 heterocycles. The summed E-state index contributed by atoms with van der Waals surface area (Å²) in [4.78, 5) is 10.8. The summed E-state index contributed by atoms with van der Waals surface area (Å²) in [6, 6.07) is 2.81. The molecule has 0 unspecified atom stereocenters. The van der Waals surface area contributed by atoms with Crippen LogP contribution in [-0.2, 0) is 14.8 Å². The molecule has 5 nitrogen and oxygen atoms in total. The highest BCUT2D eigenvalue weighted by Gasteiger charge is 2.22. The molecule has 0 saturated heterocycles. The van der Waals surface area contributed by atoms with E-state index in [4.69, 9.17) is 23.2 Å². The Bertz CT molecular complexity index is 554. The van der Waals surface area contributed by atoms with E-state index in [2.05, 4.69) is 26.0 Å². The lowest BCUT2D eigenvalue weighted by Crippen LogP contribution is -2.35. The van der Waals surface area contributed by atoms with Crippen molar-refractivity contribution < 1.29 is 13.2 Å². The molecule has 9 heteroatoms. The summed E-state index contributed by atoms with van der Waals surface area (Å²) in [5, 5.41) is 2.23. The highest BCUT2D eigenvalue weighted by atomic mass is 79.9. The van der Waals surface area contributed by atoms with Crippen molar-refractivity contribution in [1.82, 2.24) is 10.0 Å². The van der Waals surface area contributed by atoms with Crippen LogP contribution in [0.4, 0.5) is 0 Å². The molecule has 0 bridgehead atoms. The van der Waals surface area contributed by atoms with E-state index in [9.17, 15) is 13.2 Å². The number of amides is 1. The first-order valence-electron chi connectivity index (χ1n) is 4.62. The summed E-state index contributed by atoms with van der Waals surface area (Å²) < 4.78 is 26.5. The molecule has 0 saturated carbocycles. The number of carbonyl (C=O) groups excluding carboxylic acids is 1. The smallest absolute Gasteiger partial charge is 0.244 e. The molecule has 2 N–H and O–H groups in total. The van der Waals surface area contributed by atoms with Crippen molar-refractivity contribution in [3.63, 3.8) is 0 Å². The molecular formula is C9H9BrCl2N2O3S. The fourth-order valence-corrected chi connectivity index (χ4v) is 4.02. The third kappa shape index (κ3) is 3.83. The topological polar surface area (TPSA) is 75.3 Å². The number of hydrogen-bond donors (Lipinski definition) is 2. The minimum absolute atomic E-state index is 0.0289. The molecule has 0 aliphatic rings. The normalized spacial score (nSPS) is 11.3. The van der Waals surface area contributed by atoms with Crippen molar-refractivity contribution in [2.24, 2.45) is 0 Å². The van der Waals surface area contributed by atoms with Crippen molar-refractivity contribution in [1.29, 1.82) is 0 Å². The van der Waals surface area contributed by atoms with E-state index in [1.165, 1.54) is 19.2 Å². The first-order valence-corrected chi connectivity index (χ1v) is 7.66. The quantitative estimate of drug-likeness (QED) is 0.842. The average Bonchev–Trinajstić information content (AvgIpc) is 2.24. The molecule has 0 fully saturated rings. The second kappa shape index (κ2) is 6.21. The van der Waals surface area contributed by atoms with Crippen LogP contribution in [0.15, 0.2) is 21.5 Å². The van der Waals surface area contributed by atoms with Crippen molar-refractivity contribution >= 4 is 55.1 Å². The maximum atomic E-state index is 11.9. The van der Waals surface area contributed by atoms with Gasteiger partial charge in [-0.3, -0.25) is 4.79 Å². The molecule has 0 atom stereocenters. The van der Waals surface area contributed by atoms with Crippen LogP contribution < -0.4 is 10.0 Å². The number of nitrogens with one attached hydrogen (secondary N) is 2. The largest absolute Gasteiger partial charge is 0.358 e. The number of halogens is 3. The van der Waals surface area contributed by atoms with Gasteiger partial charge in [-0.2, -0.15) is 0 Å². The molecule has 0 radical (unpaired) electrons. The summed E-state index contributed by atoms with van der Waals surface area (Å²) in [6.07, 6.45) is 0. The van der Waals surface area contributed by atoms with E-state index in [0.29, 0.717) is 4.47 Å². The van der Waals surface area contributed by atoms with Crippen molar-refractivity contribution in [3.05, 3.63) is 26.7 Å². The summed E-state index contributed by atoms with van der Waals surface area (Å²) in [6.45, 7) is -0.387. The van der Waals surface area contributed by atoms with Gasteiger partial charge in [0.05, 0.1) is 16.6 Å². The Balaban J connectivity index is 3.10. The van der Waals surface area contributed by atoms with Crippen molar-refractivity contribution in [3.8, 4) is 0 Å². The van der Waals surface area contributed by atoms with E-state index in [-0.39, 0.29) is 21.5 Å². The van der Waals surface area contributed by atoms with Crippen LogP contribution in [0.5, 0.6) is 0 Å². The Morgan fingerprint density at radius 1 is 1.33 bits per heavy atom. The Kier molecular flexibility index (Phi) is 5.42. The maximum absolute atomic E-state index is 11.9. The molecule has 0 aliphatic carbocycles. The minimum atomic E-state index is -3.94. The van der Waals surface area contributed by atoms with Gasteiger partial charge in [-0.1, -0.05) is 39.1 Å². The number of likely N-dealkylation sites (N-methyl/N-ethyl adjacent to an activating group) is 1. The van der Waals surface area contributed by atoms with Crippen LogP contribution in [0, 0.1) is 0 Å². The van der Waals surface area contributed by atoms with Gasteiger partial charge in [0.25, 0.3) is 0 Å². The molecule has 1 amide bonds. The van der Waals surface area contributed by atoms with E-state index < -0.39 is 15.9 Å². The molecular weight excluding hydrogens is 367 g/mol. The molecule has 100 valence electrons. The van der Waals surface area contributed by atoms with Crippen LogP contribution in [0.2, 0.25) is 10.0 Å². The van der Waals surface area contributed by atoms with Gasteiger partial charge in [-0.25, -0.2) is 13.1 Å². The van der Waals surface area contributed by atoms with E-state index in [1.807, 2.05) is 0 Å². The van der Waals surface area contributed by atoms with Crippen LogP contribution in [0.25, 0.3) is 0 Å². The molecule has 1 rings (SSSR count). The summed E-state index contributed by atoms with van der Waals surface area (Å²) in [7, 11) is -2.54. The molecule has 1 aromatic rings. The van der Waals surface area contributed by atoms with Gasteiger partial charge in [-0.05, 0) is 12.1 Å². The Hall–Kier alpha value is -0.340. The Morgan fingerprint density at radius 2 is 1.83 bits per heavy atom. The van der Waals surface area contributed by atoms with Gasteiger partial charge in [0, 0.05) is 11.5 Å². The lowest BCUT2D eigenvalue weighted by Gasteiger charge is -2.10. The third-order valence-electron chi connectivity index (χ3n) is 1.93. The number of rotatable bonds is 4. The van der Waals surface area contributed by atoms with Gasteiger partial charge < -0.3 is 5.32 Å². The number of benzene rings is 1. The number of carbonyl (C=O) groups is 1. The fraction of sp³-hybridized carbons (Fsp3) is 0.222. The number of hydrogen-bond acceptors (Lipinski definition) is 3. The summed E-state index contributed by atoms with van der Waals surface area (Å²) in [5.41, 5.74) is 0. The minimum Gasteiger partial charge on any atom is -0.358 e. The standard InChI is InChI=1S/C9H9BrCl2N2O3S/c1-13-8(15)4-14-18(16,17)9-6(11)2-5(10)3-7(9)12/h2-3,14H,4H2,1H3,(H,13,15). The zero-order valence-corrected chi connectivity index (χ0v) is 13.0. The Labute approximate surface area is 123 Å². The fourth-order valence-electron chi connectivity index (χ4n) is 1.11. The second-order valence-corrected chi connectivity index (χ2v) is 6.63. The third-order valence-corrected chi connectivity index (χ3v) is 4.71. The predicted molar refractivity (Wildman–Crippen MR) is 73.4 cm³/mol. The van der Waals surface area contributed by atoms with E-state index in [1.54, 1.807) is 0 Å². The van der Waals surface area contributed by atoms with Crippen LogP contribution in [-0.4, -0.2) is 27.9 Å². The van der Waals surface area contributed by atoms with E-state index >= 15 is 0 Å². The van der Waals surface area contributed by atoms with Gasteiger partial charge in [0.2, 0.25) is 15.9 Å². The van der Waals surface area contributed by atoms with E-state index in [0.717, 1.165) is 0 Å². The lowest BCUT2D eigenvalue weighted by molar-refractivity contribution is -0.119. The molecule has 0 aromatic heterocycles. The van der Waals surface area contributed by atoms with Gasteiger partial charge in [0.1, 0.15) is 4.90 Å². The van der Waals surface area contributed by atoms with Gasteiger partial charge in [0.15, 0.2) is 0 Å². The lowest BCUT2D eigenvalue weighted by atomic mass is 10.4. The molecule has 0 spiro atoms. The average molecular weight is 376 g/mol. The Morgan fingerprint density at radius 3 is 2.28 bits per heavy atom. The van der Waals surface area contributed by atoms with Crippen LogP contribution in [0.1, 0.15) is 0 Å². The van der Waals surface area contributed by atoms with Gasteiger partial charge in [-0.15, -0.1) is 0 Å². The van der Waals surface area contributed by atoms with Crippen molar-refractivity contribution in [2.45, 2.75) is 4.90 Å². The second-order valence-electron chi connectivity index (χ2n) is 3.20. The van der Waals surface area contributed by atoms with Crippen LogP contribution >= 0.6 is 39.1 Å². The summed E-state index contributed by atoms with van der Waals surface area (Å²) >= 11 is 14.8. The zero-order valence-electron chi connectivity index (χ0n) is 9.13. The maximum Gasteiger partial charge on any atom is 0.244 e. The van der Waals surface area contributed by atoms with Gasteiger partial charge >= 0.3 is 0 Å². The van der Waals surface area contributed by atoms with Crippen LogP contribution in [0.3, 0.4) is 0 Å². The molecule has 18 heavy (non-hydrogen) atoms. The zero-order chi connectivity index (χ0) is 13.9. The highest BCUT2D eigenvalue weighted by molar-refractivity contribution is 9.10. The first kappa shape index (κ1) is 15.7. The monoisotopic (exact) mass is 374 g/mol. The predicted octanol–water partition coefficient (Wildman–Crippen LogP) is 1.78. The number of sulfonamides is 1. The summed E-state index contributed by atoms with van der Waals surface area (Å²) in [5.74, 6) is -0.470. The van der Waals surface area contributed by atoms with Crippen molar-refractivity contribution in [2.75, 3.05) is 13.6 Å². The SMILES string of the molecule is CNC(=O)CNS(=O)(=O)c1c(Cl)cc(Br)cc1Cl. The molecule has 0 aliphatic heterocycles. The first-order chi connectivity index (χ1) is 8.27.